The third-order valence-corrected chi connectivity index (χ3v) is 6.83. The molecule has 1 aliphatic heterocycles. The largest absolute Gasteiger partial charge is 0.456 e. The van der Waals surface area contributed by atoms with Gasteiger partial charge in [-0.1, -0.05) is 119 Å². The fourth-order valence-corrected chi connectivity index (χ4v) is 4.64. The zero-order chi connectivity index (χ0) is 27.0. The summed E-state index contributed by atoms with van der Waals surface area (Å²) < 4.78 is 29.9. The van der Waals surface area contributed by atoms with Crippen molar-refractivity contribution in [1.82, 2.24) is 0 Å². The number of rotatable bonds is 18. The van der Waals surface area contributed by atoms with Crippen LogP contribution in [0.3, 0.4) is 0 Å². The molecule has 0 aliphatic carbocycles. The molecule has 1 fully saturated rings. The normalized spacial score (nSPS) is 21.7. The minimum Gasteiger partial charge on any atom is -0.456 e. The summed E-state index contributed by atoms with van der Waals surface area (Å²) in [6.07, 6.45) is 7.42. The predicted molar refractivity (Wildman–Crippen MR) is 148 cm³/mol. The Morgan fingerprint density at radius 3 is 1.97 bits per heavy atom. The van der Waals surface area contributed by atoms with Crippen LogP contribution >= 0.6 is 0 Å². The number of unbranched alkanes of at least 4 members (excludes halogenated alkanes) is 6. The molecule has 38 heavy (non-hydrogen) atoms. The highest BCUT2D eigenvalue weighted by Crippen LogP contribution is 2.30. The Labute approximate surface area is 228 Å². The SMILES string of the molecule is C=C[C@H](CCCCCCCCC)OC(=O)[C@H]1O[C@H](OC)[C@@H](OCc2ccccc2)[C@@H]1OCc1ccccc1. The molecule has 1 heterocycles. The van der Waals surface area contributed by atoms with E-state index >= 15 is 0 Å². The van der Waals surface area contributed by atoms with Crippen LogP contribution < -0.4 is 0 Å². The van der Waals surface area contributed by atoms with Crippen molar-refractivity contribution in [2.75, 3.05) is 7.11 Å². The van der Waals surface area contributed by atoms with Crippen LogP contribution in [0.2, 0.25) is 0 Å². The third kappa shape index (κ3) is 9.66. The molecule has 0 spiro atoms. The van der Waals surface area contributed by atoms with E-state index < -0.39 is 30.6 Å². The average Bonchev–Trinajstić information content (AvgIpc) is 3.32. The number of benzene rings is 2. The molecule has 0 amide bonds. The number of hydrogen-bond acceptors (Lipinski definition) is 6. The highest BCUT2D eigenvalue weighted by Gasteiger charge is 2.51. The molecule has 1 aliphatic rings. The van der Waals surface area contributed by atoms with Crippen molar-refractivity contribution < 1.29 is 28.5 Å². The molecule has 208 valence electrons. The lowest BCUT2D eigenvalue weighted by Gasteiger charge is -2.24. The van der Waals surface area contributed by atoms with Crippen molar-refractivity contribution in [3.05, 3.63) is 84.4 Å². The molecule has 6 nitrogen and oxygen atoms in total. The molecule has 6 heteroatoms. The van der Waals surface area contributed by atoms with Gasteiger partial charge < -0.3 is 23.7 Å². The molecule has 0 saturated carbocycles. The van der Waals surface area contributed by atoms with E-state index in [1.54, 1.807) is 13.2 Å². The first-order chi connectivity index (χ1) is 18.7. The van der Waals surface area contributed by atoms with Gasteiger partial charge in [0.2, 0.25) is 0 Å². The van der Waals surface area contributed by atoms with Gasteiger partial charge in [0.15, 0.2) is 12.4 Å². The quantitative estimate of drug-likeness (QED) is 0.122. The van der Waals surface area contributed by atoms with Gasteiger partial charge in [-0.25, -0.2) is 4.79 Å². The molecular weight excluding hydrogens is 480 g/mol. The van der Waals surface area contributed by atoms with E-state index in [1.165, 1.54) is 32.1 Å². The number of esters is 1. The van der Waals surface area contributed by atoms with Gasteiger partial charge in [-0.2, -0.15) is 0 Å². The molecule has 0 N–H and O–H groups in total. The zero-order valence-corrected chi connectivity index (χ0v) is 23.0. The van der Waals surface area contributed by atoms with Gasteiger partial charge in [0.25, 0.3) is 0 Å². The van der Waals surface area contributed by atoms with Crippen LogP contribution in [-0.2, 0) is 41.7 Å². The van der Waals surface area contributed by atoms with Crippen LogP contribution in [0.4, 0.5) is 0 Å². The number of methoxy groups -OCH3 is 1. The van der Waals surface area contributed by atoms with Gasteiger partial charge in [0.05, 0.1) is 13.2 Å². The Hall–Kier alpha value is -2.51. The highest BCUT2D eigenvalue weighted by molar-refractivity contribution is 5.76. The van der Waals surface area contributed by atoms with Gasteiger partial charge >= 0.3 is 5.97 Å². The van der Waals surface area contributed by atoms with Crippen molar-refractivity contribution in [2.24, 2.45) is 0 Å². The third-order valence-electron chi connectivity index (χ3n) is 6.83. The Kier molecular flexibility index (Phi) is 13.6. The molecular formula is C32H44O6. The highest BCUT2D eigenvalue weighted by atomic mass is 16.7. The Bertz CT molecular complexity index is 918. The van der Waals surface area contributed by atoms with E-state index in [4.69, 9.17) is 23.7 Å². The monoisotopic (exact) mass is 524 g/mol. The van der Waals surface area contributed by atoms with Gasteiger partial charge in [0.1, 0.15) is 18.3 Å². The summed E-state index contributed by atoms with van der Waals surface area (Å²) in [6, 6.07) is 19.7. The van der Waals surface area contributed by atoms with Crippen molar-refractivity contribution >= 4 is 5.97 Å². The Balaban J connectivity index is 1.62. The van der Waals surface area contributed by atoms with Gasteiger partial charge in [-0.05, 0) is 24.0 Å². The maximum absolute atomic E-state index is 13.3. The molecule has 0 unspecified atom stereocenters. The van der Waals surface area contributed by atoms with Crippen molar-refractivity contribution in [2.45, 2.75) is 102 Å². The van der Waals surface area contributed by atoms with Crippen molar-refractivity contribution in [3.8, 4) is 0 Å². The van der Waals surface area contributed by atoms with E-state index in [0.717, 1.165) is 30.4 Å². The molecule has 0 aromatic heterocycles. The minimum atomic E-state index is -0.971. The first-order valence-electron chi connectivity index (χ1n) is 14.0. The lowest BCUT2D eigenvalue weighted by Crippen LogP contribution is -2.42. The summed E-state index contributed by atoms with van der Waals surface area (Å²) in [5, 5.41) is 0. The molecule has 0 bridgehead atoms. The second kappa shape index (κ2) is 17.2. The van der Waals surface area contributed by atoms with Crippen LogP contribution in [0.25, 0.3) is 0 Å². The molecule has 1 saturated heterocycles. The molecule has 2 aromatic rings. The second-order valence-electron chi connectivity index (χ2n) is 9.80. The van der Waals surface area contributed by atoms with Crippen LogP contribution in [-0.4, -0.2) is 43.8 Å². The van der Waals surface area contributed by atoms with Gasteiger partial charge in [-0.15, -0.1) is 0 Å². The van der Waals surface area contributed by atoms with Crippen LogP contribution in [0.1, 0.15) is 69.4 Å². The zero-order valence-electron chi connectivity index (χ0n) is 23.0. The Morgan fingerprint density at radius 2 is 1.42 bits per heavy atom. The second-order valence-corrected chi connectivity index (χ2v) is 9.80. The smallest absolute Gasteiger partial charge is 0.338 e. The fraction of sp³-hybridized carbons (Fsp3) is 0.531. The van der Waals surface area contributed by atoms with Gasteiger partial charge in [-0.3, -0.25) is 0 Å². The number of carbonyl (C=O) groups is 1. The lowest BCUT2D eigenvalue weighted by atomic mass is 10.1. The minimum absolute atomic E-state index is 0.309. The van der Waals surface area contributed by atoms with E-state index in [-0.39, 0.29) is 6.10 Å². The molecule has 2 aromatic carbocycles. The van der Waals surface area contributed by atoms with Crippen LogP contribution in [0, 0.1) is 0 Å². The number of hydrogen-bond donors (Lipinski definition) is 0. The maximum Gasteiger partial charge on any atom is 0.338 e. The molecule has 0 radical (unpaired) electrons. The van der Waals surface area contributed by atoms with Crippen molar-refractivity contribution in [3.63, 3.8) is 0 Å². The number of carbonyl (C=O) groups excluding carboxylic acids is 1. The molecule has 5 atom stereocenters. The fourth-order valence-electron chi connectivity index (χ4n) is 4.64. The van der Waals surface area contributed by atoms with E-state index in [0.29, 0.717) is 13.2 Å². The van der Waals surface area contributed by atoms with Crippen LogP contribution in [0.5, 0.6) is 0 Å². The van der Waals surface area contributed by atoms with Crippen LogP contribution in [0.15, 0.2) is 73.3 Å². The van der Waals surface area contributed by atoms with E-state index in [9.17, 15) is 4.79 Å². The summed E-state index contributed by atoms with van der Waals surface area (Å²) in [5.74, 6) is -0.483. The first-order valence-corrected chi connectivity index (χ1v) is 14.0. The average molecular weight is 525 g/mol. The first kappa shape index (κ1) is 30.0. The topological polar surface area (TPSA) is 63.2 Å². The standard InChI is InChI=1S/C32H44O6/c1-4-6-7-8-9-10-17-22-27(5-2)37-31(33)29-28(35-23-25-18-13-11-14-19-25)30(32(34-3)38-29)36-24-26-20-15-12-16-21-26/h5,11-16,18-21,27-30,32H,2,4,6-10,17,22-24H2,1,3H3/t27-,28-,29+,30+,32+/m1/s1. The Morgan fingerprint density at radius 1 is 0.868 bits per heavy atom. The van der Waals surface area contributed by atoms with E-state index in [1.807, 2.05) is 60.7 Å². The lowest BCUT2D eigenvalue weighted by molar-refractivity contribution is -0.183. The summed E-state index contributed by atoms with van der Waals surface area (Å²) in [5.41, 5.74) is 2.00. The summed E-state index contributed by atoms with van der Waals surface area (Å²) in [4.78, 5) is 13.3. The summed E-state index contributed by atoms with van der Waals surface area (Å²) in [6.45, 7) is 6.76. The predicted octanol–water partition coefficient (Wildman–Crippen LogP) is 6.77. The van der Waals surface area contributed by atoms with Gasteiger partial charge in [0, 0.05) is 7.11 Å². The maximum atomic E-state index is 13.3. The molecule has 3 rings (SSSR count). The van der Waals surface area contributed by atoms with E-state index in [2.05, 4.69) is 13.5 Å². The summed E-state index contributed by atoms with van der Waals surface area (Å²) >= 11 is 0. The van der Waals surface area contributed by atoms with Crippen molar-refractivity contribution in [1.29, 1.82) is 0 Å². The summed E-state index contributed by atoms with van der Waals surface area (Å²) in [7, 11) is 1.54. The number of ether oxygens (including phenoxy) is 5.